The molecule has 0 aliphatic carbocycles. The maximum absolute atomic E-state index is 12.9. The summed E-state index contributed by atoms with van der Waals surface area (Å²) >= 11 is 0. The van der Waals surface area contributed by atoms with Crippen LogP contribution in [0.1, 0.15) is 5.82 Å². The summed E-state index contributed by atoms with van der Waals surface area (Å²) in [7, 11) is -8.65. The fraction of sp³-hybridized carbons (Fsp3) is 0.222. The van der Waals surface area contributed by atoms with Gasteiger partial charge in [-0.3, -0.25) is 0 Å². The van der Waals surface area contributed by atoms with Gasteiger partial charge in [-0.05, 0) is 29.5 Å². The first kappa shape index (κ1) is 22.9. The van der Waals surface area contributed by atoms with E-state index in [0.717, 1.165) is 0 Å². The molecule has 0 atom stereocenters. The van der Waals surface area contributed by atoms with E-state index in [1.54, 1.807) is 18.2 Å². The van der Waals surface area contributed by atoms with E-state index >= 15 is 0 Å². The van der Waals surface area contributed by atoms with E-state index in [1.807, 2.05) is 0 Å². The Morgan fingerprint density at radius 3 is 2.39 bits per heavy atom. The second-order valence-corrected chi connectivity index (χ2v) is 10.7. The Labute approximate surface area is 188 Å². The zero-order valence-corrected chi connectivity index (χ0v) is 18.8. The molecule has 15 heteroatoms. The molecule has 0 fully saturated rings. The van der Waals surface area contributed by atoms with E-state index in [9.17, 15) is 16.8 Å². The smallest absolute Gasteiger partial charge is 0.240 e. The number of benzene rings is 2. The molecule has 0 unspecified atom stereocenters. The van der Waals surface area contributed by atoms with Crippen LogP contribution in [0.15, 0.2) is 40.1 Å². The molecule has 0 radical (unpaired) electrons. The molecule has 4 rings (SSSR count). The highest BCUT2D eigenvalue weighted by Crippen LogP contribution is 2.40. The number of H-pyrrole nitrogens is 2. The second-order valence-electron chi connectivity index (χ2n) is 7.13. The largest absolute Gasteiger partial charge is 0.342 e. The molecule has 2 heterocycles. The Hall–Kier alpha value is -3.24. The number of nitrogens with two attached hydrogens (primary N) is 3. The lowest BCUT2D eigenvalue weighted by molar-refractivity contribution is 0.583. The SMILES string of the molecule is NCCc1nc2c(-c3ccc(S(=O)(=O)CCN)c(S(N)(=O)=O)c3-c3nn[nH]n3)cccc2[nH]1. The van der Waals surface area contributed by atoms with E-state index in [-0.39, 0.29) is 17.9 Å². The molecule has 0 spiro atoms. The monoisotopic (exact) mass is 491 g/mol. The third kappa shape index (κ3) is 4.23. The van der Waals surface area contributed by atoms with Gasteiger partial charge in [0.1, 0.15) is 10.7 Å². The molecule has 2 aromatic carbocycles. The summed E-state index contributed by atoms with van der Waals surface area (Å²) < 4.78 is 51.2. The van der Waals surface area contributed by atoms with Crippen LogP contribution in [-0.4, -0.2) is 66.3 Å². The lowest BCUT2D eigenvalue weighted by atomic mass is 9.98. The number of aromatic nitrogens is 6. The molecule has 0 aliphatic rings. The highest BCUT2D eigenvalue weighted by atomic mass is 32.2. The number of fused-ring (bicyclic) bond motifs is 1. The van der Waals surface area contributed by atoms with Crippen LogP contribution in [0.5, 0.6) is 0 Å². The van der Waals surface area contributed by atoms with Crippen LogP contribution in [-0.2, 0) is 26.3 Å². The number of tetrazole rings is 1. The van der Waals surface area contributed by atoms with Gasteiger partial charge in [0.15, 0.2) is 9.84 Å². The van der Waals surface area contributed by atoms with E-state index in [0.29, 0.717) is 41.0 Å². The molecule has 0 bridgehead atoms. The molecule has 174 valence electrons. The molecular formula is C18H21N9O4S2. The number of hydrogen-bond acceptors (Lipinski definition) is 10. The molecule has 13 nitrogen and oxygen atoms in total. The molecule has 8 N–H and O–H groups in total. The molecule has 4 aromatic rings. The van der Waals surface area contributed by atoms with Gasteiger partial charge in [0.05, 0.1) is 27.2 Å². The van der Waals surface area contributed by atoms with Crippen LogP contribution in [0.25, 0.3) is 33.5 Å². The van der Waals surface area contributed by atoms with Gasteiger partial charge in [0, 0.05) is 18.5 Å². The summed E-state index contributed by atoms with van der Waals surface area (Å²) in [5.74, 6) is 0.0289. The third-order valence-electron chi connectivity index (χ3n) is 4.93. The summed E-state index contributed by atoms with van der Waals surface area (Å²) in [5, 5.41) is 19.1. The zero-order valence-electron chi connectivity index (χ0n) is 17.2. The maximum atomic E-state index is 12.9. The number of imidazole rings is 1. The van der Waals surface area contributed by atoms with Gasteiger partial charge in [-0.15, -0.1) is 10.2 Å². The predicted molar refractivity (Wildman–Crippen MR) is 120 cm³/mol. The normalized spacial score (nSPS) is 12.5. The molecular weight excluding hydrogens is 470 g/mol. The fourth-order valence-electron chi connectivity index (χ4n) is 3.63. The van der Waals surface area contributed by atoms with Crippen molar-refractivity contribution in [3.8, 4) is 22.5 Å². The molecule has 0 aliphatic heterocycles. The maximum Gasteiger partial charge on any atom is 0.240 e. The highest BCUT2D eigenvalue weighted by Gasteiger charge is 2.32. The van der Waals surface area contributed by atoms with Crippen LogP contribution in [0.3, 0.4) is 0 Å². The molecule has 0 saturated heterocycles. The van der Waals surface area contributed by atoms with Gasteiger partial charge >= 0.3 is 0 Å². The van der Waals surface area contributed by atoms with Crippen molar-refractivity contribution in [1.29, 1.82) is 0 Å². The van der Waals surface area contributed by atoms with Crippen molar-refractivity contribution >= 4 is 30.9 Å². The average molecular weight is 492 g/mol. The average Bonchev–Trinajstić information content (AvgIpc) is 3.41. The third-order valence-corrected chi connectivity index (χ3v) is 7.84. The Kier molecular flexibility index (Phi) is 5.98. The lowest BCUT2D eigenvalue weighted by Gasteiger charge is -2.16. The number of rotatable bonds is 8. The molecule has 2 aromatic heterocycles. The van der Waals surface area contributed by atoms with Crippen molar-refractivity contribution in [3.63, 3.8) is 0 Å². The number of sulfone groups is 1. The number of para-hydroxylation sites is 1. The van der Waals surface area contributed by atoms with Crippen molar-refractivity contribution in [2.24, 2.45) is 16.6 Å². The summed E-state index contributed by atoms with van der Waals surface area (Å²) in [5.41, 5.74) is 13.0. The van der Waals surface area contributed by atoms with Gasteiger partial charge in [-0.25, -0.2) is 27.0 Å². The Morgan fingerprint density at radius 2 is 1.76 bits per heavy atom. The summed E-state index contributed by atoms with van der Waals surface area (Å²) in [6.45, 7) is 0.175. The molecule has 0 saturated carbocycles. The Bertz CT molecular complexity index is 1530. The first-order valence-corrected chi connectivity index (χ1v) is 12.9. The zero-order chi connectivity index (χ0) is 23.8. The van der Waals surface area contributed by atoms with E-state index in [4.69, 9.17) is 16.6 Å². The number of aromatic amines is 2. The van der Waals surface area contributed by atoms with Crippen LogP contribution in [0, 0.1) is 0 Å². The number of nitrogens with zero attached hydrogens (tertiary/aromatic N) is 4. The number of primary sulfonamides is 1. The van der Waals surface area contributed by atoms with Crippen molar-refractivity contribution in [3.05, 3.63) is 36.2 Å². The Morgan fingerprint density at radius 1 is 0.970 bits per heavy atom. The molecule has 0 amide bonds. The summed E-state index contributed by atoms with van der Waals surface area (Å²) in [4.78, 5) is 6.62. The van der Waals surface area contributed by atoms with Crippen LogP contribution >= 0.6 is 0 Å². The number of sulfonamides is 1. The topological polar surface area (TPSA) is 229 Å². The standard InChI is InChI=1S/C18H21N9O4S2/c19-7-6-14-22-12-3-1-2-11(16(12)23-14)10-4-5-13(32(28,29)9-8-20)17(33(21,30)31)15(10)18-24-26-27-25-18/h1-5H,6-9,19-20H2,(H,22,23)(H2,21,30,31)(H,24,25,26,27). The van der Waals surface area contributed by atoms with Gasteiger partial charge in [0.25, 0.3) is 0 Å². The predicted octanol–water partition coefficient (Wildman–Crippen LogP) is -0.709. The molecule has 33 heavy (non-hydrogen) atoms. The van der Waals surface area contributed by atoms with Crippen molar-refractivity contribution in [2.45, 2.75) is 16.2 Å². The second kappa shape index (κ2) is 8.60. The van der Waals surface area contributed by atoms with E-state index < -0.39 is 35.4 Å². The Balaban J connectivity index is 2.13. The van der Waals surface area contributed by atoms with E-state index in [1.165, 1.54) is 12.1 Å². The van der Waals surface area contributed by atoms with Gasteiger partial charge < -0.3 is 16.5 Å². The minimum Gasteiger partial charge on any atom is -0.342 e. The first-order valence-electron chi connectivity index (χ1n) is 9.72. The van der Waals surface area contributed by atoms with Gasteiger partial charge in [-0.1, -0.05) is 18.2 Å². The number of hydrogen-bond donors (Lipinski definition) is 5. The first-order chi connectivity index (χ1) is 15.7. The number of nitrogens with one attached hydrogen (secondary N) is 2. The van der Waals surface area contributed by atoms with Gasteiger partial charge in [-0.2, -0.15) is 5.21 Å². The summed E-state index contributed by atoms with van der Waals surface area (Å²) in [6, 6.07) is 7.93. The van der Waals surface area contributed by atoms with Crippen LogP contribution < -0.4 is 16.6 Å². The quantitative estimate of drug-likeness (QED) is 0.208. The van der Waals surface area contributed by atoms with Crippen LogP contribution in [0.2, 0.25) is 0 Å². The minimum atomic E-state index is -4.57. The lowest BCUT2D eigenvalue weighted by Crippen LogP contribution is -2.22. The highest BCUT2D eigenvalue weighted by molar-refractivity contribution is 7.93. The minimum absolute atomic E-state index is 0.111. The van der Waals surface area contributed by atoms with Gasteiger partial charge in [0.2, 0.25) is 15.8 Å². The van der Waals surface area contributed by atoms with Crippen molar-refractivity contribution < 1.29 is 16.8 Å². The summed E-state index contributed by atoms with van der Waals surface area (Å²) in [6.07, 6.45) is 0.504. The van der Waals surface area contributed by atoms with E-state index in [2.05, 4.69) is 30.6 Å². The fourth-order valence-corrected chi connectivity index (χ4v) is 6.38. The van der Waals surface area contributed by atoms with Crippen molar-refractivity contribution in [1.82, 2.24) is 30.6 Å². The van der Waals surface area contributed by atoms with Crippen LogP contribution in [0.4, 0.5) is 0 Å². The van der Waals surface area contributed by atoms with Crippen molar-refractivity contribution in [2.75, 3.05) is 18.8 Å².